The van der Waals surface area contributed by atoms with Crippen molar-refractivity contribution in [3.05, 3.63) is 28.5 Å². The van der Waals surface area contributed by atoms with E-state index in [1.165, 1.54) is 0 Å². The molecule has 0 bridgehead atoms. The van der Waals surface area contributed by atoms with E-state index in [4.69, 9.17) is 5.26 Å². The van der Waals surface area contributed by atoms with E-state index in [1.54, 1.807) is 6.20 Å². The maximum absolute atomic E-state index is 8.94. The van der Waals surface area contributed by atoms with Crippen molar-refractivity contribution in [1.82, 2.24) is 10.3 Å². The molecule has 0 aromatic carbocycles. The lowest BCUT2D eigenvalue weighted by Gasteiger charge is -2.11. The van der Waals surface area contributed by atoms with E-state index in [1.807, 2.05) is 12.3 Å². The molecule has 2 atom stereocenters. The van der Waals surface area contributed by atoms with Crippen LogP contribution in [0.25, 0.3) is 0 Å². The summed E-state index contributed by atoms with van der Waals surface area (Å²) in [6, 6.07) is 4.36. The maximum atomic E-state index is 8.94. The van der Waals surface area contributed by atoms with Crippen LogP contribution in [0.1, 0.15) is 11.5 Å². The van der Waals surface area contributed by atoms with Gasteiger partial charge in [0.2, 0.25) is 0 Å². The van der Waals surface area contributed by atoms with Gasteiger partial charge in [-0.1, -0.05) is 0 Å². The average Bonchev–Trinajstić information content (AvgIpc) is 2.65. The van der Waals surface area contributed by atoms with E-state index in [2.05, 4.69) is 32.3 Å². The Labute approximate surface area is 91.3 Å². The Hall–Kier alpha value is -0.920. The van der Waals surface area contributed by atoms with E-state index in [-0.39, 0.29) is 11.8 Å². The summed E-state index contributed by atoms with van der Waals surface area (Å²) in [6.45, 7) is 1.66. The largest absolute Gasteiger partial charge is 0.315 e. The van der Waals surface area contributed by atoms with E-state index in [9.17, 15) is 0 Å². The van der Waals surface area contributed by atoms with Crippen LogP contribution in [0, 0.1) is 17.2 Å². The summed E-state index contributed by atoms with van der Waals surface area (Å²) < 4.78 is 0.971. The van der Waals surface area contributed by atoms with Gasteiger partial charge in [0.05, 0.1) is 12.0 Å². The monoisotopic (exact) mass is 251 g/mol. The Balaban J connectivity index is 2.27. The molecule has 0 radical (unpaired) electrons. The lowest BCUT2D eigenvalue weighted by molar-refractivity contribution is 0.644. The molecule has 14 heavy (non-hydrogen) atoms. The van der Waals surface area contributed by atoms with E-state index < -0.39 is 0 Å². The molecule has 1 N–H and O–H groups in total. The zero-order valence-electron chi connectivity index (χ0n) is 7.57. The fraction of sp³-hybridized carbons (Fsp3) is 0.400. The van der Waals surface area contributed by atoms with Crippen molar-refractivity contribution in [1.29, 1.82) is 5.26 Å². The molecule has 1 aliphatic rings. The van der Waals surface area contributed by atoms with Crippen molar-refractivity contribution in [3.8, 4) is 6.07 Å². The molecular weight excluding hydrogens is 242 g/mol. The van der Waals surface area contributed by atoms with Crippen LogP contribution in [0.2, 0.25) is 0 Å². The molecule has 1 aliphatic heterocycles. The first-order chi connectivity index (χ1) is 6.81. The van der Waals surface area contributed by atoms with Crippen molar-refractivity contribution >= 4 is 15.9 Å². The van der Waals surface area contributed by atoms with Gasteiger partial charge in [-0.15, -0.1) is 0 Å². The van der Waals surface area contributed by atoms with Crippen LogP contribution in [0.5, 0.6) is 0 Å². The quantitative estimate of drug-likeness (QED) is 0.827. The third-order valence-corrected chi connectivity index (χ3v) is 2.97. The molecule has 2 rings (SSSR count). The first kappa shape index (κ1) is 9.63. The van der Waals surface area contributed by atoms with Crippen molar-refractivity contribution in [2.45, 2.75) is 5.92 Å². The van der Waals surface area contributed by atoms with Gasteiger partial charge >= 0.3 is 0 Å². The van der Waals surface area contributed by atoms with Crippen LogP contribution in [-0.2, 0) is 0 Å². The fourth-order valence-corrected chi connectivity index (χ4v) is 2.18. The molecule has 1 aromatic heterocycles. The Bertz CT molecular complexity index is 372. The third-order valence-electron chi connectivity index (χ3n) is 2.53. The molecule has 1 fully saturated rings. The summed E-state index contributed by atoms with van der Waals surface area (Å²) in [6.07, 6.45) is 3.60. The van der Waals surface area contributed by atoms with Gasteiger partial charge in [-0.05, 0) is 27.6 Å². The third kappa shape index (κ3) is 1.79. The molecule has 72 valence electrons. The summed E-state index contributed by atoms with van der Waals surface area (Å²) in [4.78, 5) is 4.11. The summed E-state index contributed by atoms with van der Waals surface area (Å²) in [7, 11) is 0. The zero-order valence-corrected chi connectivity index (χ0v) is 9.16. The molecule has 2 heterocycles. The highest BCUT2D eigenvalue weighted by atomic mass is 79.9. The number of pyridine rings is 1. The van der Waals surface area contributed by atoms with Crippen LogP contribution in [-0.4, -0.2) is 18.1 Å². The standard InChI is InChI=1S/C10H10BrN3/c11-9-1-7(3-13-5-9)10-6-14-4-8(10)2-12/h1,3,5,8,10,14H,4,6H2. The number of rotatable bonds is 1. The number of nitriles is 1. The topological polar surface area (TPSA) is 48.7 Å². The Morgan fingerprint density at radius 1 is 1.50 bits per heavy atom. The SMILES string of the molecule is N#CC1CNCC1c1cncc(Br)c1. The second kappa shape index (κ2) is 4.07. The molecule has 3 nitrogen and oxygen atoms in total. The highest BCUT2D eigenvalue weighted by Crippen LogP contribution is 2.28. The second-order valence-corrected chi connectivity index (χ2v) is 4.35. The minimum absolute atomic E-state index is 0.0751. The van der Waals surface area contributed by atoms with Gasteiger partial charge in [-0.25, -0.2) is 0 Å². The van der Waals surface area contributed by atoms with E-state index in [0.29, 0.717) is 0 Å². The number of hydrogen-bond acceptors (Lipinski definition) is 3. The van der Waals surface area contributed by atoms with Crippen molar-refractivity contribution in [3.63, 3.8) is 0 Å². The normalized spacial score (nSPS) is 26.0. The van der Waals surface area contributed by atoms with Gasteiger partial charge in [-0.3, -0.25) is 4.98 Å². The molecule has 0 amide bonds. The number of aromatic nitrogens is 1. The minimum atomic E-state index is 0.0751. The predicted octanol–water partition coefficient (Wildman–Crippen LogP) is 1.67. The molecule has 4 heteroatoms. The average molecular weight is 252 g/mol. The van der Waals surface area contributed by atoms with Crippen molar-refractivity contribution in [2.75, 3.05) is 13.1 Å². The molecule has 1 aromatic rings. The first-order valence-corrected chi connectivity index (χ1v) is 5.31. The highest BCUT2D eigenvalue weighted by molar-refractivity contribution is 9.10. The maximum Gasteiger partial charge on any atom is 0.0676 e. The highest BCUT2D eigenvalue weighted by Gasteiger charge is 2.28. The van der Waals surface area contributed by atoms with Gasteiger partial charge in [0.15, 0.2) is 0 Å². The predicted molar refractivity (Wildman–Crippen MR) is 56.7 cm³/mol. The zero-order chi connectivity index (χ0) is 9.97. The fourth-order valence-electron chi connectivity index (χ4n) is 1.80. The number of nitrogens with zero attached hydrogens (tertiary/aromatic N) is 2. The molecule has 1 saturated heterocycles. The number of halogens is 1. The molecule has 0 aliphatic carbocycles. The second-order valence-electron chi connectivity index (χ2n) is 3.44. The van der Waals surface area contributed by atoms with Gasteiger partial charge in [0, 0.05) is 35.9 Å². The number of nitrogens with one attached hydrogen (secondary N) is 1. The van der Waals surface area contributed by atoms with Gasteiger partial charge in [0.1, 0.15) is 0 Å². The Kier molecular flexibility index (Phi) is 2.80. The van der Waals surface area contributed by atoms with Gasteiger partial charge in [0.25, 0.3) is 0 Å². The lowest BCUT2D eigenvalue weighted by atomic mass is 9.91. The van der Waals surface area contributed by atoms with Crippen molar-refractivity contribution < 1.29 is 0 Å². The molecule has 0 saturated carbocycles. The van der Waals surface area contributed by atoms with Crippen LogP contribution in [0.3, 0.4) is 0 Å². The number of hydrogen-bond donors (Lipinski definition) is 1. The smallest absolute Gasteiger partial charge is 0.0676 e. The van der Waals surface area contributed by atoms with Crippen LogP contribution in [0.4, 0.5) is 0 Å². The minimum Gasteiger partial charge on any atom is -0.315 e. The van der Waals surface area contributed by atoms with E-state index in [0.717, 1.165) is 23.1 Å². The van der Waals surface area contributed by atoms with Crippen LogP contribution < -0.4 is 5.32 Å². The summed E-state index contributed by atoms with van der Waals surface area (Å²) in [5.74, 6) is 0.357. The Morgan fingerprint density at radius 3 is 3.07 bits per heavy atom. The van der Waals surface area contributed by atoms with Crippen LogP contribution in [0.15, 0.2) is 22.9 Å². The molecule has 0 spiro atoms. The summed E-state index contributed by atoms with van der Waals surface area (Å²) in [5, 5.41) is 12.2. The Morgan fingerprint density at radius 2 is 2.36 bits per heavy atom. The van der Waals surface area contributed by atoms with E-state index >= 15 is 0 Å². The molecule has 2 unspecified atom stereocenters. The van der Waals surface area contributed by atoms with Gasteiger partial charge in [-0.2, -0.15) is 5.26 Å². The van der Waals surface area contributed by atoms with Crippen molar-refractivity contribution in [2.24, 2.45) is 5.92 Å². The first-order valence-electron chi connectivity index (χ1n) is 4.52. The van der Waals surface area contributed by atoms with Crippen LogP contribution >= 0.6 is 15.9 Å². The summed E-state index contributed by atoms with van der Waals surface area (Å²) in [5.41, 5.74) is 1.14. The molecular formula is C10H10BrN3. The summed E-state index contributed by atoms with van der Waals surface area (Å²) >= 11 is 3.39. The van der Waals surface area contributed by atoms with Gasteiger partial charge < -0.3 is 5.32 Å². The lowest BCUT2D eigenvalue weighted by Crippen LogP contribution is -2.08.